The highest BCUT2D eigenvalue weighted by atomic mass is 16.5. The van der Waals surface area contributed by atoms with Crippen molar-refractivity contribution >= 4 is 23.2 Å². The lowest BCUT2D eigenvalue weighted by Crippen LogP contribution is -2.21. The van der Waals surface area contributed by atoms with Crippen LogP contribution in [0, 0.1) is 13.8 Å². The molecule has 24 heavy (non-hydrogen) atoms. The van der Waals surface area contributed by atoms with Gasteiger partial charge >= 0.3 is 0 Å². The first-order chi connectivity index (χ1) is 11.5. The molecule has 0 radical (unpaired) electrons. The summed E-state index contributed by atoms with van der Waals surface area (Å²) in [4.78, 5) is 23.4. The molecule has 2 aromatic rings. The first-order valence-corrected chi connectivity index (χ1v) is 7.94. The Bertz CT molecular complexity index is 799. The number of hydrogen-bond donors (Lipinski definition) is 2. The van der Waals surface area contributed by atoms with Gasteiger partial charge in [-0.05, 0) is 61.2 Å². The van der Waals surface area contributed by atoms with Gasteiger partial charge in [-0.3, -0.25) is 9.59 Å². The van der Waals surface area contributed by atoms with E-state index in [4.69, 9.17) is 4.74 Å². The van der Waals surface area contributed by atoms with Crippen LogP contribution in [-0.4, -0.2) is 18.4 Å². The highest BCUT2D eigenvalue weighted by Crippen LogP contribution is 2.26. The van der Waals surface area contributed by atoms with Crippen LogP contribution < -0.4 is 15.4 Å². The molecule has 2 amide bonds. The molecule has 0 fully saturated rings. The number of rotatable bonds is 4. The largest absolute Gasteiger partial charge is 0.484 e. The number of benzene rings is 2. The Kier molecular flexibility index (Phi) is 4.51. The molecule has 2 aromatic carbocycles. The zero-order chi connectivity index (χ0) is 17.1. The molecule has 0 spiro atoms. The van der Waals surface area contributed by atoms with Gasteiger partial charge in [-0.15, -0.1) is 0 Å². The molecule has 0 saturated heterocycles. The second-order valence-electron chi connectivity index (χ2n) is 6.02. The Labute approximate surface area is 141 Å². The maximum atomic E-state index is 12.1. The molecule has 0 aromatic heterocycles. The van der Waals surface area contributed by atoms with E-state index in [1.807, 2.05) is 44.2 Å². The third-order valence-corrected chi connectivity index (χ3v) is 4.01. The van der Waals surface area contributed by atoms with Crippen molar-refractivity contribution in [2.24, 2.45) is 0 Å². The van der Waals surface area contributed by atoms with E-state index < -0.39 is 0 Å². The van der Waals surface area contributed by atoms with Crippen molar-refractivity contribution in [1.82, 2.24) is 0 Å². The van der Waals surface area contributed by atoms with E-state index in [9.17, 15) is 9.59 Å². The lowest BCUT2D eigenvalue weighted by atomic mass is 10.0. The van der Waals surface area contributed by atoms with Gasteiger partial charge in [0.1, 0.15) is 5.75 Å². The van der Waals surface area contributed by atoms with E-state index in [0.717, 1.165) is 28.1 Å². The molecule has 124 valence electrons. The van der Waals surface area contributed by atoms with Crippen molar-refractivity contribution in [2.75, 3.05) is 17.2 Å². The fourth-order valence-corrected chi connectivity index (χ4v) is 2.66. The van der Waals surface area contributed by atoms with Crippen molar-refractivity contribution in [2.45, 2.75) is 26.7 Å². The Morgan fingerprint density at radius 1 is 1.17 bits per heavy atom. The summed E-state index contributed by atoms with van der Waals surface area (Å²) in [6.45, 7) is 3.88. The predicted molar refractivity (Wildman–Crippen MR) is 93.4 cm³/mol. The predicted octanol–water partition coefficient (Wildman–Crippen LogP) is 3.21. The molecular formula is C19H20N2O3. The summed E-state index contributed by atoms with van der Waals surface area (Å²) in [5.41, 5.74) is 4.75. The Morgan fingerprint density at radius 2 is 2.00 bits per heavy atom. The van der Waals surface area contributed by atoms with Gasteiger partial charge in [0.25, 0.3) is 5.91 Å². The van der Waals surface area contributed by atoms with Crippen LogP contribution in [0.5, 0.6) is 5.75 Å². The minimum absolute atomic E-state index is 0.0315. The number of carbonyl (C=O) groups excluding carboxylic acids is 2. The minimum Gasteiger partial charge on any atom is -0.484 e. The molecule has 0 atom stereocenters. The van der Waals surface area contributed by atoms with Crippen molar-refractivity contribution in [3.05, 3.63) is 53.1 Å². The highest BCUT2D eigenvalue weighted by Gasteiger charge is 2.15. The van der Waals surface area contributed by atoms with Crippen LogP contribution >= 0.6 is 0 Å². The molecule has 1 aliphatic rings. The highest BCUT2D eigenvalue weighted by molar-refractivity contribution is 5.94. The number of amides is 2. The smallest absolute Gasteiger partial charge is 0.262 e. The molecular weight excluding hydrogens is 304 g/mol. The summed E-state index contributed by atoms with van der Waals surface area (Å²) < 4.78 is 5.58. The third-order valence-electron chi connectivity index (χ3n) is 4.01. The second kappa shape index (κ2) is 6.74. The number of fused-ring (bicyclic) bond motifs is 1. The molecule has 0 saturated carbocycles. The van der Waals surface area contributed by atoms with Crippen LogP contribution in [0.2, 0.25) is 0 Å². The van der Waals surface area contributed by atoms with E-state index in [-0.39, 0.29) is 18.4 Å². The number of aryl methyl sites for hydroxylation is 3. The first kappa shape index (κ1) is 16.1. The van der Waals surface area contributed by atoms with E-state index in [1.54, 1.807) is 6.07 Å². The summed E-state index contributed by atoms with van der Waals surface area (Å²) in [6, 6.07) is 11.4. The quantitative estimate of drug-likeness (QED) is 0.907. The second-order valence-corrected chi connectivity index (χ2v) is 6.02. The fraction of sp³-hybridized carbons (Fsp3) is 0.263. The van der Waals surface area contributed by atoms with Gasteiger partial charge in [-0.1, -0.05) is 12.1 Å². The maximum Gasteiger partial charge on any atom is 0.262 e. The maximum absolute atomic E-state index is 12.1. The standard InChI is InChI=1S/C19H20N2O3/c1-12-3-4-13(2)17(9-12)21-19(23)11-24-15-6-7-16-14(10-15)5-8-18(22)20-16/h3-4,6-7,9-10H,5,8,11H2,1-2H3,(H,20,22)(H,21,23). The van der Waals surface area contributed by atoms with Gasteiger partial charge in [-0.25, -0.2) is 0 Å². The van der Waals surface area contributed by atoms with Crippen LogP contribution in [0.25, 0.3) is 0 Å². The van der Waals surface area contributed by atoms with Crippen molar-refractivity contribution in [1.29, 1.82) is 0 Å². The molecule has 0 bridgehead atoms. The molecule has 5 nitrogen and oxygen atoms in total. The van der Waals surface area contributed by atoms with Gasteiger partial charge in [0, 0.05) is 17.8 Å². The lowest BCUT2D eigenvalue weighted by molar-refractivity contribution is -0.118. The van der Waals surface area contributed by atoms with Crippen LogP contribution in [0.4, 0.5) is 11.4 Å². The number of carbonyl (C=O) groups is 2. The van der Waals surface area contributed by atoms with E-state index in [0.29, 0.717) is 18.6 Å². The Hall–Kier alpha value is -2.82. The molecule has 1 heterocycles. The third kappa shape index (κ3) is 3.74. The van der Waals surface area contributed by atoms with Gasteiger partial charge in [-0.2, -0.15) is 0 Å². The number of ether oxygens (including phenoxy) is 1. The van der Waals surface area contributed by atoms with Gasteiger partial charge in [0.2, 0.25) is 5.91 Å². The zero-order valence-corrected chi connectivity index (χ0v) is 13.8. The van der Waals surface area contributed by atoms with Crippen LogP contribution in [0.3, 0.4) is 0 Å². The molecule has 1 aliphatic heterocycles. The summed E-state index contributed by atoms with van der Waals surface area (Å²) in [5.74, 6) is 0.458. The fourth-order valence-electron chi connectivity index (χ4n) is 2.66. The summed E-state index contributed by atoms with van der Waals surface area (Å²) in [6.07, 6.45) is 1.16. The normalized spacial score (nSPS) is 13.0. The number of anilines is 2. The molecule has 0 unspecified atom stereocenters. The van der Waals surface area contributed by atoms with E-state index in [1.165, 1.54) is 0 Å². The van der Waals surface area contributed by atoms with E-state index in [2.05, 4.69) is 10.6 Å². The molecule has 3 rings (SSSR count). The van der Waals surface area contributed by atoms with E-state index >= 15 is 0 Å². The summed E-state index contributed by atoms with van der Waals surface area (Å²) in [7, 11) is 0. The summed E-state index contributed by atoms with van der Waals surface area (Å²) in [5, 5.41) is 5.69. The van der Waals surface area contributed by atoms with Crippen LogP contribution in [-0.2, 0) is 16.0 Å². The first-order valence-electron chi connectivity index (χ1n) is 7.94. The Morgan fingerprint density at radius 3 is 2.83 bits per heavy atom. The average Bonchev–Trinajstić information content (AvgIpc) is 2.56. The molecule has 5 heteroatoms. The topological polar surface area (TPSA) is 67.4 Å². The summed E-state index contributed by atoms with van der Waals surface area (Å²) >= 11 is 0. The number of nitrogens with one attached hydrogen (secondary N) is 2. The SMILES string of the molecule is Cc1ccc(C)c(NC(=O)COc2ccc3c(c2)CCC(=O)N3)c1. The number of hydrogen-bond acceptors (Lipinski definition) is 3. The van der Waals surface area contributed by atoms with Crippen molar-refractivity contribution < 1.29 is 14.3 Å². The average molecular weight is 324 g/mol. The van der Waals surface area contributed by atoms with Crippen LogP contribution in [0.15, 0.2) is 36.4 Å². The van der Waals surface area contributed by atoms with Gasteiger partial charge < -0.3 is 15.4 Å². The zero-order valence-electron chi connectivity index (χ0n) is 13.8. The lowest BCUT2D eigenvalue weighted by Gasteiger charge is -2.17. The van der Waals surface area contributed by atoms with Crippen molar-refractivity contribution in [3.8, 4) is 5.75 Å². The van der Waals surface area contributed by atoms with Crippen molar-refractivity contribution in [3.63, 3.8) is 0 Å². The Balaban J connectivity index is 1.60. The van der Waals surface area contributed by atoms with Crippen LogP contribution in [0.1, 0.15) is 23.1 Å². The van der Waals surface area contributed by atoms with Gasteiger partial charge in [0.05, 0.1) is 0 Å². The van der Waals surface area contributed by atoms with Gasteiger partial charge in [0.15, 0.2) is 6.61 Å². The minimum atomic E-state index is -0.199. The molecule has 0 aliphatic carbocycles. The molecule has 2 N–H and O–H groups in total. The monoisotopic (exact) mass is 324 g/mol.